The third kappa shape index (κ3) is 5.69. The average molecular weight is 480 g/mol. The monoisotopic (exact) mass is 479 g/mol. The number of nitrogens with zero attached hydrogens (tertiary/aromatic N) is 3. The molecule has 34 heavy (non-hydrogen) atoms. The molecule has 1 amide bonds. The highest BCUT2D eigenvalue weighted by atomic mass is 32.1. The summed E-state index contributed by atoms with van der Waals surface area (Å²) in [5.41, 5.74) is 9.77. The lowest BCUT2D eigenvalue weighted by atomic mass is 10.1. The van der Waals surface area contributed by atoms with Crippen molar-refractivity contribution in [2.75, 3.05) is 36.4 Å². The molecule has 0 radical (unpaired) electrons. The van der Waals surface area contributed by atoms with Crippen LogP contribution in [0.15, 0.2) is 47.8 Å². The summed E-state index contributed by atoms with van der Waals surface area (Å²) < 4.78 is 5.89. The second-order valence-electron chi connectivity index (χ2n) is 9.07. The van der Waals surface area contributed by atoms with Gasteiger partial charge >= 0.3 is 0 Å². The molecule has 2 aromatic carbocycles. The molecule has 0 unspecified atom stereocenters. The van der Waals surface area contributed by atoms with Gasteiger partial charge in [-0.15, -0.1) is 11.3 Å². The van der Waals surface area contributed by atoms with Gasteiger partial charge in [-0.1, -0.05) is 12.1 Å². The van der Waals surface area contributed by atoms with Crippen LogP contribution in [0.5, 0.6) is 5.75 Å². The lowest BCUT2D eigenvalue weighted by Crippen LogP contribution is -2.48. The number of ether oxygens (including phenoxy) is 1. The summed E-state index contributed by atoms with van der Waals surface area (Å²) in [5, 5.41) is 6.05. The highest BCUT2D eigenvalue weighted by molar-refractivity contribution is 7.14. The molecule has 1 aliphatic rings. The molecular weight excluding hydrogens is 446 g/mol. The van der Waals surface area contributed by atoms with Crippen molar-refractivity contribution in [2.45, 2.75) is 39.8 Å². The van der Waals surface area contributed by atoms with Crippen molar-refractivity contribution in [3.05, 3.63) is 53.4 Å². The first-order valence-electron chi connectivity index (χ1n) is 11.7. The zero-order valence-electron chi connectivity index (χ0n) is 20.2. The Kier molecular flexibility index (Phi) is 7.38. The largest absolute Gasteiger partial charge is 0.489 e. The molecule has 180 valence electrons. The maximum Gasteiger partial charge on any atom is 0.248 e. The maximum absolute atomic E-state index is 11.7. The van der Waals surface area contributed by atoms with Gasteiger partial charge in [0, 0.05) is 54.4 Å². The van der Waals surface area contributed by atoms with Crippen molar-refractivity contribution in [3.63, 3.8) is 0 Å². The number of hydrogen-bond acceptors (Lipinski definition) is 7. The molecule has 8 heteroatoms. The minimum Gasteiger partial charge on any atom is -0.489 e. The standard InChI is InChI=1S/C26H33N5O2S/c1-17(2)30-11-13-31(14-12-30)21-8-5-19(6-9-21)23-16-34-26(29-23)28-22-15-20(25(27)32)7-10-24(22)33-18(3)4/h5-10,15-18H,11-14H2,1-4H3,(H2,27,32)(H,28,29). The van der Waals surface area contributed by atoms with Crippen LogP contribution in [-0.4, -0.2) is 54.1 Å². The summed E-state index contributed by atoms with van der Waals surface area (Å²) >= 11 is 1.51. The lowest BCUT2D eigenvalue weighted by molar-refractivity contribution is 0.100. The lowest BCUT2D eigenvalue weighted by Gasteiger charge is -2.38. The van der Waals surface area contributed by atoms with E-state index >= 15 is 0 Å². The maximum atomic E-state index is 11.7. The average Bonchev–Trinajstić information content (AvgIpc) is 3.28. The third-order valence-electron chi connectivity index (χ3n) is 5.95. The van der Waals surface area contributed by atoms with Gasteiger partial charge in [0.1, 0.15) is 5.75 Å². The molecule has 7 nitrogen and oxygen atoms in total. The molecule has 0 aliphatic carbocycles. The van der Waals surface area contributed by atoms with Crippen LogP contribution in [0, 0.1) is 0 Å². The molecule has 0 spiro atoms. The van der Waals surface area contributed by atoms with Crippen LogP contribution < -0.4 is 20.7 Å². The number of carbonyl (C=O) groups is 1. The highest BCUT2D eigenvalue weighted by Crippen LogP contribution is 2.33. The summed E-state index contributed by atoms with van der Waals surface area (Å²) in [6.07, 6.45) is -0.00120. The van der Waals surface area contributed by atoms with Crippen LogP contribution >= 0.6 is 11.3 Å². The van der Waals surface area contributed by atoms with Crippen LogP contribution in [0.1, 0.15) is 38.1 Å². The van der Waals surface area contributed by atoms with E-state index < -0.39 is 5.91 Å². The number of amides is 1. The van der Waals surface area contributed by atoms with Gasteiger partial charge in [-0.2, -0.15) is 0 Å². The third-order valence-corrected chi connectivity index (χ3v) is 6.70. The van der Waals surface area contributed by atoms with Gasteiger partial charge in [-0.05, 0) is 58.0 Å². The molecule has 3 aromatic rings. The zero-order valence-corrected chi connectivity index (χ0v) is 21.1. The first kappa shape index (κ1) is 24.0. The SMILES string of the molecule is CC(C)Oc1ccc(C(N)=O)cc1Nc1nc(-c2ccc(N3CCN(C(C)C)CC3)cc2)cs1. The van der Waals surface area contributed by atoms with Crippen LogP contribution in [-0.2, 0) is 0 Å². The summed E-state index contributed by atoms with van der Waals surface area (Å²) in [6.45, 7) is 12.7. The van der Waals surface area contributed by atoms with Crippen LogP contribution in [0.25, 0.3) is 11.3 Å². The normalized spacial score (nSPS) is 14.6. The molecule has 1 saturated heterocycles. The van der Waals surface area contributed by atoms with E-state index in [1.807, 2.05) is 19.2 Å². The summed E-state index contributed by atoms with van der Waals surface area (Å²) in [4.78, 5) is 21.4. The van der Waals surface area contributed by atoms with Crippen molar-refractivity contribution in [1.82, 2.24) is 9.88 Å². The minimum absolute atomic E-state index is 0.00120. The van der Waals surface area contributed by atoms with Crippen molar-refractivity contribution < 1.29 is 9.53 Å². The van der Waals surface area contributed by atoms with Crippen molar-refractivity contribution in [2.24, 2.45) is 5.73 Å². The molecule has 1 fully saturated rings. The van der Waals surface area contributed by atoms with Gasteiger partial charge < -0.3 is 20.7 Å². The first-order chi connectivity index (χ1) is 16.3. The number of rotatable bonds is 8. The minimum atomic E-state index is -0.482. The predicted octanol–water partition coefficient (Wildman–Crippen LogP) is 4.97. The van der Waals surface area contributed by atoms with E-state index in [1.54, 1.807) is 18.2 Å². The van der Waals surface area contributed by atoms with E-state index in [1.165, 1.54) is 17.0 Å². The fourth-order valence-electron chi connectivity index (χ4n) is 4.06. The van der Waals surface area contributed by atoms with E-state index in [9.17, 15) is 4.79 Å². The molecular formula is C26H33N5O2S. The first-order valence-corrected chi connectivity index (χ1v) is 12.6. The van der Waals surface area contributed by atoms with Gasteiger partial charge in [0.2, 0.25) is 5.91 Å². The van der Waals surface area contributed by atoms with Crippen molar-refractivity contribution in [3.8, 4) is 17.0 Å². The van der Waals surface area contributed by atoms with E-state index in [-0.39, 0.29) is 6.10 Å². The van der Waals surface area contributed by atoms with Crippen molar-refractivity contribution in [1.29, 1.82) is 0 Å². The smallest absolute Gasteiger partial charge is 0.248 e. The number of primary amides is 1. The molecule has 3 N–H and O–H groups in total. The Labute approximate surface area is 205 Å². The van der Waals surface area contributed by atoms with Gasteiger partial charge in [0.05, 0.1) is 17.5 Å². The van der Waals surface area contributed by atoms with Gasteiger partial charge in [0.15, 0.2) is 5.13 Å². The Bertz CT molecular complexity index is 1120. The second-order valence-corrected chi connectivity index (χ2v) is 9.93. The number of hydrogen-bond donors (Lipinski definition) is 2. The van der Waals surface area contributed by atoms with E-state index in [0.29, 0.717) is 23.0 Å². The second kappa shape index (κ2) is 10.4. The van der Waals surface area contributed by atoms with Crippen LogP contribution in [0.3, 0.4) is 0 Å². The quantitative estimate of drug-likeness (QED) is 0.475. The van der Waals surface area contributed by atoms with Crippen LogP contribution in [0.4, 0.5) is 16.5 Å². The number of benzene rings is 2. The number of nitrogens with two attached hydrogens (primary N) is 1. The van der Waals surface area contributed by atoms with E-state index in [0.717, 1.165) is 42.6 Å². The van der Waals surface area contributed by atoms with Crippen LogP contribution in [0.2, 0.25) is 0 Å². The highest BCUT2D eigenvalue weighted by Gasteiger charge is 2.19. The molecule has 0 bridgehead atoms. The van der Waals surface area contributed by atoms with Crippen molar-refractivity contribution >= 4 is 33.8 Å². The zero-order chi connectivity index (χ0) is 24.2. The topological polar surface area (TPSA) is 83.7 Å². The Hall–Kier alpha value is -3.10. The Morgan fingerprint density at radius 2 is 1.76 bits per heavy atom. The molecule has 4 rings (SSSR count). The molecule has 0 saturated carbocycles. The Morgan fingerprint density at radius 3 is 2.38 bits per heavy atom. The predicted molar refractivity (Wildman–Crippen MR) is 140 cm³/mol. The summed E-state index contributed by atoms with van der Waals surface area (Å²) in [6, 6.07) is 14.3. The fourth-order valence-corrected chi connectivity index (χ4v) is 4.79. The van der Waals surface area contributed by atoms with Gasteiger partial charge in [-0.3, -0.25) is 9.69 Å². The summed E-state index contributed by atoms with van der Waals surface area (Å²) in [7, 11) is 0. The van der Waals surface area contributed by atoms with E-state index in [2.05, 4.69) is 53.2 Å². The number of carbonyl (C=O) groups excluding carboxylic acids is 1. The molecule has 1 aliphatic heterocycles. The number of piperazine rings is 1. The fraction of sp³-hybridized carbons (Fsp3) is 0.385. The number of thiazole rings is 1. The molecule has 0 atom stereocenters. The Balaban J connectivity index is 1.47. The summed E-state index contributed by atoms with van der Waals surface area (Å²) in [5.74, 6) is 0.170. The number of anilines is 3. The molecule has 2 heterocycles. The van der Waals surface area contributed by atoms with Gasteiger partial charge in [0.25, 0.3) is 0 Å². The van der Waals surface area contributed by atoms with E-state index in [4.69, 9.17) is 15.5 Å². The van der Waals surface area contributed by atoms with Gasteiger partial charge in [-0.25, -0.2) is 4.98 Å². The Morgan fingerprint density at radius 1 is 1.06 bits per heavy atom. The molecule has 1 aromatic heterocycles. The number of nitrogens with one attached hydrogen (secondary N) is 1. The number of aromatic nitrogens is 1.